The van der Waals surface area contributed by atoms with Gasteiger partial charge < -0.3 is 65.9 Å². The van der Waals surface area contributed by atoms with Crippen LogP contribution in [0.4, 0.5) is 31.5 Å². The number of imidazole rings is 4. The van der Waals surface area contributed by atoms with Gasteiger partial charge in [0.1, 0.15) is 102 Å². The molecule has 0 aliphatic carbocycles. The summed E-state index contributed by atoms with van der Waals surface area (Å²) < 4.78 is 108. The molecule has 16 heterocycles. The van der Waals surface area contributed by atoms with Gasteiger partial charge in [0.25, 0.3) is 5.91 Å². The Labute approximate surface area is 708 Å². The Hall–Kier alpha value is -9.30. The highest BCUT2D eigenvalue weighted by molar-refractivity contribution is 7.88. The lowest BCUT2D eigenvalue weighted by atomic mass is 10.1. The summed E-state index contributed by atoms with van der Waals surface area (Å²) in [4.78, 5) is 72.1. The van der Waals surface area contributed by atoms with Crippen molar-refractivity contribution >= 4 is 203 Å². The summed E-state index contributed by atoms with van der Waals surface area (Å²) in [7, 11) is 8.74. The number of methoxy groups -OCH3 is 4. The molecule has 0 saturated carbocycles. The Morgan fingerprint density at radius 1 is 0.427 bits per heavy atom. The van der Waals surface area contributed by atoms with E-state index in [-0.39, 0.29) is 5.13 Å². The molecular formula is C72H74F2N22O9S12. The van der Waals surface area contributed by atoms with E-state index in [1.807, 2.05) is 97.7 Å². The number of aryl methyl sites for hydroxylation is 4. The minimum atomic E-state index is -1.31. The van der Waals surface area contributed by atoms with Gasteiger partial charge in [-0.05, 0) is 45.9 Å². The molecule has 0 aliphatic rings. The van der Waals surface area contributed by atoms with Gasteiger partial charge in [0, 0.05) is 106 Å². The van der Waals surface area contributed by atoms with Crippen LogP contribution in [0.2, 0.25) is 0 Å². The standard InChI is InChI=1S/C19H20N6O3S3.2C18H18FN5O2S3.C17H18N6O2S3/c1-9-22-7-12(25(9)2)10-6-11(17-23-8-13(29-17)16(21)26)24-18-14(10)15(20)19(30-18)31(27)5-4-28-3;1-9-21-7-12(24(9)2)10-6-11(16-23-13(19)8-27-16)22-17-14(10)15(20)18(28-17)29(25)5-4-26-3;1-9-21-7-12(24(9)2)10-6-11(16-22-8-13(19)27-16)23-17-14(10)15(20)18(28-17)29(25)5-4-26-3;1-9-20-8-10(23(9)2)13-11-12(18)17(28(24)7-5-25-3)27-15(11)22-14(21-13)16-19-4-6-26-16/h6-8H,4-5,20H2,1-3H3,(H2,21,26);2*6-8H,4-5,20H2,1-3H3;4,6,8H,5,7,18H2,1-3H3. The number of fused-ring (bicyclic) bond motifs is 4. The van der Waals surface area contributed by atoms with E-state index in [2.05, 4.69) is 54.8 Å². The van der Waals surface area contributed by atoms with Gasteiger partial charge >= 0.3 is 0 Å². The molecule has 0 spiro atoms. The first-order chi connectivity index (χ1) is 56.1. The number of nitrogen functional groups attached to an aromatic ring is 4. The number of rotatable bonds is 25. The molecule has 31 nitrogen and oxygen atoms in total. The summed E-state index contributed by atoms with van der Waals surface area (Å²) in [5.74, 6) is 4.22. The number of halogens is 2. The zero-order valence-corrected chi connectivity index (χ0v) is 74.2. The molecule has 16 aromatic rings. The maximum absolute atomic E-state index is 13.6. The monoisotopic (exact) mass is 1810 g/mol. The van der Waals surface area contributed by atoms with E-state index in [1.54, 1.807) is 59.4 Å². The number of amides is 1. The molecule has 117 heavy (non-hydrogen) atoms. The number of hydrogen-bond acceptors (Lipinski definition) is 34. The van der Waals surface area contributed by atoms with E-state index in [1.165, 1.54) is 97.1 Å². The second-order valence-corrected chi connectivity index (χ2v) is 40.2. The average Bonchev–Trinajstić information content (AvgIpc) is 1.63. The van der Waals surface area contributed by atoms with Crippen LogP contribution in [-0.4, -0.2) is 184 Å². The summed E-state index contributed by atoms with van der Waals surface area (Å²) in [6.07, 6.45) is 11.4. The highest BCUT2D eigenvalue weighted by atomic mass is 32.2. The van der Waals surface area contributed by atoms with Gasteiger partial charge in [-0.1, -0.05) is 11.3 Å². The predicted molar refractivity (Wildman–Crippen MR) is 467 cm³/mol. The van der Waals surface area contributed by atoms with Gasteiger partial charge in [-0.3, -0.25) is 21.6 Å². The second-order valence-electron chi connectivity index (χ2n) is 25.3. The summed E-state index contributed by atoms with van der Waals surface area (Å²) in [5.41, 5.74) is 41.0. The van der Waals surface area contributed by atoms with Crippen molar-refractivity contribution in [3.8, 4) is 88.1 Å². The first-order valence-corrected chi connectivity index (χ1v) is 46.7. The number of thiazole rings is 4. The molecule has 45 heteroatoms. The number of pyridine rings is 3. The van der Waals surface area contributed by atoms with Crippen molar-refractivity contribution in [2.45, 2.75) is 44.5 Å². The molecule has 0 bridgehead atoms. The molecule has 0 aliphatic heterocycles. The fraction of sp³-hybridized carbons (Fsp3) is 0.278. The Bertz CT molecular complexity index is 6300. The number of thiophene rings is 4. The first kappa shape index (κ1) is 85.6. The lowest BCUT2D eigenvalue weighted by molar-refractivity contribution is 0.100. The highest BCUT2D eigenvalue weighted by Gasteiger charge is 2.30. The third kappa shape index (κ3) is 17.8. The van der Waals surface area contributed by atoms with Gasteiger partial charge in [-0.15, -0.1) is 79.4 Å². The van der Waals surface area contributed by atoms with Crippen LogP contribution < -0.4 is 28.7 Å². The van der Waals surface area contributed by atoms with E-state index in [9.17, 15) is 30.4 Å². The normalized spacial score (nSPS) is 12.6. The number of carbonyl (C=O) groups excluding carboxylic acids is 1. The van der Waals surface area contributed by atoms with Crippen molar-refractivity contribution in [3.63, 3.8) is 0 Å². The molecule has 16 rings (SSSR count). The Kier molecular flexibility index (Phi) is 27.0. The van der Waals surface area contributed by atoms with E-state index >= 15 is 0 Å². The smallest absolute Gasteiger partial charge is 0.260 e. The van der Waals surface area contributed by atoms with Gasteiger partial charge in [-0.25, -0.2) is 64.8 Å². The molecule has 4 atom stereocenters. The fourth-order valence-corrected chi connectivity index (χ4v) is 24.5. The maximum Gasteiger partial charge on any atom is 0.260 e. The van der Waals surface area contributed by atoms with E-state index < -0.39 is 55.1 Å². The van der Waals surface area contributed by atoms with Crippen LogP contribution in [0.5, 0.6) is 0 Å². The van der Waals surface area contributed by atoms with Crippen LogP contribution in [0.1, 0.15) is 33.0 Å². The quantitative estimate of drug-likeness (QED) is 0.0355. The third-order valence-electron chi connectivity index (χ3n) is 18.2. The van der Waals surface area contributed by atoms with Crippen molar-refractivity contribution in [1.29, 1.82) is 0 Å². The lowest BCUT2D eigenvalue weighted by Gasteiger charge is -2.08. The molecule has 0 saturated heterocycles. The molecule has 0 radical (unpaired) electrons. The predicted octanol–water partition coefficient (Wildman–Crippen LogP) is 12.6. The number of ether oxygens (including phenoxy) is 4. The molecule has 612 valence electrons. The van der Waals surface area contributed by atoms with E-state index in [0.717, 1.165) is 95.3 Å². The molecule has 16 aromatic heterocycles. The highest BCUT2D eigenvalue weighted by Crippen LogP contribution is 2.48. The third-order valence-corrected chi connectivity index (χ3v) is 33.1. The number of anilines is 4. The summed E-state index contributed by atoms with van der Waals surface area (Å²) in [6, 6.07) is 5.54. The van der Waals surface area contributed by atoms with Gasteiger partial charge in [-0.2, -0.15) is 8.78 Å². The average molecular weight is 1810 g/mol. The van der Waals surface area contributed by atoms with E-state index in [0.29, 0.717) is 162 Å². The minimum Gasteiger partial charge on any atom is -0.396 e. The lowest BCUT2D eigenvalue weighted by Crippen LogP contribution is -2.08. The zero-order valence-electron chi connectivity index (χ0n) is 64.4. The number of aromatic nitrogens is 17. The zero-order chi connectivity index (χ0) is 83.5. The van der Waals surface area contributed by atoms with Gasteiger partial charge in [0.05, 0.1) is 181 Å². The van der Waals surface area contributed by atoms with Crippen LogP contribution in [0.15, 0.2) is 89.2 Å². The van der Waals surface area contributed by atoms with Crippen molar-refractivity contribution in [2.24, 2.45) is 33.9 Å². The molecule has 4 unspecified atom stereocenters. The van der Waals surface area contributed by atoms with Crippen molar-refractivity contribution in [2.75, 3.05) is 101 Å². The number of nitrogens with two attached hydrogens (primary N) is 5. The topological polar surface area (TPSA) is 440 Å². The molecule has 0 fully saturated rings. The van der Waals surface area contributed by atoms with Gasteiger partial charge in [0.2, 0.25) is 5.95 Å². The van der Waals surface area contributed by atoms with E-state index in [4.69, 9.17) is 57.6 Å². The Morgan fingerprint density at radius 2 is 0.795 bits per heavy atom. The molecule has 0 aromatic carbocycles. The maximum atomic E-state index is 13.6. The van der Waals surface area contributed by atoms with Crippen LogP contribution in [0.25, 0.3) is 129 Å². The van der Waals surface area contributed by atoms with Gasteiger partial charge in [0.15, 0.2) is 16.0 Å². The van der Waals surface area contributed by atoms with Crippen molar-refractivity contribution in [3.05, 3.63) is 112 Å². The fourth-order valence-electron chi connectivity index (χ4n) is 11.8. The summed E-state index contributed by atoms with van der Waals surface area (Å²) in [5, 5.41) is 7.93. The SMILES string of the molecule is COCCS(=O)c1sc2nc(-c3nc(F)cs3)cc(-c3cnc(C)n3C)c2c1N.COCCS(=O)c1sc2nc(-c3ncc(C(N)=O)s3)cc(-c3cnc(C)n3C)c2c1N.COCCS(=O)c1sc2nc(-c3ncc(F)s3)cc(-c3cnc(C)n3C)c2c1N.COCCS(=O)c1sc2nc(-c3nccs3)nc(-c3cnc(C)n3C)c2c1N. The summed E-state index contributed by atoms with van der Waals surface area (Å²) >= 11 is 9.92. The van der Waals surface area contributed by atoms with Crippen LogP contribution >= 0.6 is 90.7 Å². The second kappa shape index (κ2) is 36.9. The van der Waals surface area contributed by atoms with Crippen molar-refractivity contribution < 1.29 is 49.4 Å². The number of nitrogens with zero attached hydrogens (tertiary/aromatic N) is 17. The molecule has 1 amide bonds. The minimum absolute atomic E-state index is 0.342. The summed E-state index contributed by atoms with van der Waals surface area (Å²) in [6.45, 7) is 9.13. The number of hydrogen-bond donors (Lipinski definition) is 5. The largest absolute Gasteiger partial charge is 0.396 e. The molecule has 10 N–H and O–H groups in total. The van der Waals surface area contributed by atoms with Crippen LogP contribution in [0.3, 0.4) is 0 Å². The molecular weight excluding hydrogens is 1740 g/mol. The number of primary amides is 1. The van der Waals surface area contributed by atoms with Crippen LogP contribution in [-0.2, 0) is 90.3 Å². The number of carbonyl (C=O) groups is 1. The first-order valence-electron chi connectivity index (χ1n) is 34.7. The Balaban J connectivity index is 0.000000136. The Morgan fingerprint density at radius 3 is 1.12 bits per heavy atom. The van der Waals surface area contributed by atoms with Crippen molar-refractivity contribution in [1.82, 2.24) is 83.1 Å². The van der Waals surface area contributed by atoms with Crippen LogP contribution in [0, 0.1) is 38.8 Å².